The van der Waals surface area contributed by atoms with Gasteiger partial charge in [0, 0.05) is 36.2 Å². The summed E-state index contributed by atoms with van der Waals surface area (Å²) in [6.45, 7) is 5.49. The summed E-state index contributed by atoms with van der Waals surface area (Å²) < 4.78 is 4.84. The van der Waals surface area contributed by atoms with Crippen LogP contribution in [0.3, 0.4) is 0 Å². The highest BCUT2D eigenvalue weighted by atomic mass is 35.5. The van der Waals surface area contributed by atoms with Gasteiger partial charge in [0.25, 0.3) is 0 Å². The van der Waals surface area contributed by atoms with Crippen molar-refractivity contribution in [1.29, 1.82) is 0 Å². The van der Waals surface area contributed by atoms with Crippen molar-refractivity contribution in [2.75, 3.05) is 33.3 Å². The van der Waals surface area contributed by atoms with Gasteiger partial charge in [-0.1, -0.05) is 43.0 Å². The zero-order valence-electron chi connectivity index (χ0n) is 15.3. The van der Waals surface area contributed by atoms with Gasteiger partial charge in [0.15, 0.2) is 0 Å². The third-order valence-corrected chi connectivity index (χ3v) is 6.24. The molecule has 0 radical (unpaired) electrons. The predicted octanol–water partition coefficient (Wildman–Crippen LogP) is 3.68. The van der Waals surface area contributed by atoms with E-state index in [-0.39, 0.29) is 11.5 Å². The van der Waals surface area contributed by atoms with E-state index in [9.17, 15) is 4.79 Å². The Morgan fingerprint density at radius 3 is 2.48 bits per heavy atom. The van der Waals surface area contributed by atoms with Crippen LogP contribution in [0.1, 0.15) is 44.6 Å². The zero-order valence-corrected chi connectivity index (χ0v) is 16.1. The molecule has 1 heterocycles. The van der Waals surface area contributed by atoms with Crippen LogP contribution in [0.15, 0.2) is 24.3 Å². The lowest BCUT2D eigenvalue weighted by Crippen LogP contribution is -2.60. The van der Waals surface area contributed by atoms with Gasteiger partial charge in [-0.2, -0.15) is 0 Å². The Kier molecular flexibility index (Phi) is 6.03. The molecule has 1 saturated carbocycles. The maximum absolute atomic E-state index is 11.6. The SMILES string of the molecule is COC(=O)CN1CCN(C2(c3ccc(Cl)cc3)CCCCC2)C[C@H]1C. The molecule has 1 atom stereocenters. The molecule has 3 rings (SSSR count). The first-order chi connectivity index (χ1) is 12.0. The first-order valence-corrected chi connectivity index (χ1v) is 9.75. The van der Waals surface area contributed by atoms with Crippen LogP contribution in [0.5, 0.6) is 0 Å². The molecule has 2 fully saturated rings. The number of halogens is 1. The minimum absolute atomic E-state index is 0.119. The van der Waals surface area contributed by atoms with Crippen molar-refractivity contribution in [2.45, 2.75) is 50.6 Å². The molecule has 25 heavy (non-hydrogen) atoms. The molecule has 1 aromatic rings. The fourth-order valence-corrected chi connectivity index (χ4v) is 4.66. The fourth-order valence-electron chi connectivity index (χ4n) is 4.53. The number of benzene rings is 1. The van der Waals surface area contributed by atoms with Gasteiger partial charge in [-0.05, 0) is 37.5 Å². The summed E-state index contributed by atoms with van der Waals surface area (Å²) >= 11 is 6.12. The van der Waals surface area contributed by atoms with E-state index in [1.165, 1.54) is 44.8 Å². The van der Waals surface area contributed by atoms with E-state index in [4.69, 9.17) is 16.3 Å². The van der Waals surface area contributed by atoms with Crippen molar-refractivity contribution in [1.82, 2.24) is 9.80 Å². The molecule has 1 aliphatic heterocycles. The van der Waals surface area contributed by atoms with Gasteiger partial charge in [0.2, 0.25) is 0 Å². The molecular weight excluding hydrogens is 336 g/mol. The lowest BCUT2D eigenvalue weighted by molar-refractivity contribution is -0.143. The van der Waals surface area contributed by atoms with E-state index in [1.807, 2.05) is 12.1 Å². The van der Waals surface area contributed by atoms with E-state index in [0.717, 1.165) is 24.7 Å². The molecule has 0 amide bonds. The maximum Gasteiger partial charge on any atom is 0.319 e. The quantitative estimate of drug-likeness (QED) is 0.763. The van der Waals surface area contributed by atoms with Crippen molar-refractivity contribution >= 4 is 17.6 Å². The largest absolute Gasteiger partial charge is 0.468 e. The van der Waals surface area contributed by atoms with Crippen molar-refractivity contribution in [3.05, 3.63) is 34.9 Å². The summed E-state index contributed by atoms with van der Waals surface area (Å²) in [6, 6.07) is 8.80. The molecule has 1 aromatic carbocycles. The Balaban J connectivity index is 1.79. The highest BCUT2D eigenvalue weighted by Crippen LogP contribution is 2.43. The molecule has 138 valence electrons. The van der Waals surface area contributed by atoms with Crippen LogP contribution in [0.2, 0.25) is 5.02 Å². The Bertz CT molecular complexity index is 584. The second-order valence-corrected chi connectivity index (χ2v) is 7.88. The fraction of sp³-hybridized carbons (Fsp3) is 0.650. The molecule has 1 saturated heterocycles. The van der Waals surface area contributed by atoms with Gasteiger partial charge in [0.05, 0.1) is 13.7 Å². The Labute approximate surface area is 156 Å². The van der Waals surface area contributed by atoms with E-state index >= 15 is 0 Å². The van der Waals surface area contributed by atoms with E-state index < -0.39 is 0 Å². The summed E-state index contributed by atoms with van der Waals surface area (Å²) in [5.41, 5.74) is 1.51. The number of nitrogens with zero attached hydrogens (tertiary/aromatic N) is 2. The van der Waals surface area contributed by atoms with Gasteiger partial charge in [-0.15, -0.1) is 0 Å². The lowest BCUT2D eigenvalue weighted by Gasteiger charge is -2.52. The number of esters is 1. The second-order valence-electron chi connectivity index (χ2n) is 7.44. The molecule has 0 unspecified atom stereocenters. The average Bonchev–Trinajstić information content (AvgIpc) is 2.64. The monoisotopic (exact) mass is 364 g/mol. The number of hydrogen-bond acceptors (Lipinski definition) is 4. The van der Waals surface area contributed by atoms with Gasteiger partial charge in [0.1, 0.15) is 0 Å². The molecular formula is C20H29ClN2O2. The number of carbonyl (C=O) groups excluding carboxylic acids is 1. The summed E-state index contributed by atoms with van der Waals surface area (Å²) in [7, 11) is 1.46. The normalized spacial score (nSPS) is 24.8. The second kappa shape index (κ2) is 8.07. The lowest BCUT2D eigenvalue weighted by atomic mass is 9.74. The molecule has 0 spiro atoms. The highest BCUT2D eigenvalue weighted by molar-refractivity contribution is 6.30. The third kappa shape index (κ3) is 4.02. The van der Waals surface area contributed by atoms with Crippen molar-refractivity contribution in [3.8, 4) is 0 Å². The van der Waals surface area contributed by atoms with Crippen LogP contribution in [-0.2, 0) is 15.1 Å². The standard InChI is InChI=1S/C20H29ClN2O2/c1-16-14-23(13-12-22(16)15-19(24)25-2)20(10-4-3-5-11-20)17-6-8-18(21)9-7-17/h6-9,16H,3-5,10-15H2,1-2H3/t16-/m1/s1. The number of methoxy groups -OCH3 is 1. The number of hydrogen-bond donors (Lipinski definition) is 0. The molecule has 5 heteroatoms. The summed E-state index contributed by atoms with van der Waals surface area (Å²) in [6.07, 6.45) is 6.29. The minimum Gasteiger partial charge on any atom is -0.468 e. The van der Waals surface area contributed by atoms with E-state index in [1.54, 1.807) is 0 Å². The van der Waals surface area contributed by atoms with Gasteiger partial charge >= 0.3 is 5.97 Å². The number of ether oxygens (including phenoxy) is 1. The molecule has 0 N–H and O–H groups in total. The summed E-state index contributed by atoms with van der Waals surface area (Å²) in [5, 5.41) is 0.797. The van der Waals surface area contributed by atoms with Crippen LogP contribution in [0, 0.1) is 0 Å². The topological polar surface area (TPSA) is 32.8 Å². The number of rotatable bonds is 4. The predicted molar refractivity (Wildman–Crippen MR) is 101 cm³/mol. The first kappa shape index (κ1) is 18.7. The van der Waals surface area contributed by atoms with Crippen LogP contribution < -0.4 is 0 Å². The first-order valence-electron chi connectivity index (χ1n) is 9.37. The number of carbonyl (C=O) groups is 1. The van der Waals surface area contributed by atoms with Crippen LogP contribution >= 0.6 is 11.6 Å². The molecule has 2 aliphatic rings. The van der Waals surface area contributed by atoms with Crippen molar-refractivity contribution in [3.63, 3.8) is 0 Å². The zero-order chi connectivity index (χ0) is 17.9. The minimum atomic E-state index is -0.148. The highest BCUT2D eigenvalue weighted by Gasteiger charge is 2.42. The molecule has 0 bridgehead atoms. The average molecular weight is 365 g/mol. The molecule has 4 nitrogen and oxygen atoms in total. The van der Waals surface area contributed by atoms with Crippen LogP contribution in [0.25, 0.3) is 0 Å². The third-order valence-electron chi connectivity index (χ3n) is 5.99. The summed E-state index contributed by atoms with van der Waals surface area (Å²) in [5.74, 6) is -0.148. The maximum atomic E-state index is 11.6. The Morgan fingerprint density at radius 2 is 1.88 bits per heavy atom. The van der Waals surface area contributed by atoms with Crippen molar-refractivity contribution in [2.24, 2.45) is 0 Å². The Hall–Kier alpha value is -1.10. The molecule has 1 aliphatic carbocycles. The van der Waals surface area contributed by atoms with Crippen molar-refractivity contribution < 1.29 is 9.53 Å². The van der Waals surface area contributed by atoms with Crippen LogP contribution in [0.4, 0.5) is 0 Å². The van der Waals surface area contributed by atoms with E-state index in [0.29, 0.717) is 12.6 Å². The van der Waals surface area contributed by atoms with Gasteiger partial charge < -0.3 is 4.74 Å². The number of piperazine rings is 1. The van der Waals surface area contributed by atoms with Crippen LogP contribution in [-0.4, -0.2) is 55.1 Å². The van der Waals surface area contributed by atoms with Gasteiger partial charge in [-0.25, -0.2) is 0 Å². The van der Waals surface area contributed by atoms with E-state index in [2.05, 4.69) is 28.9 Å². The Morgan fingerprint density at radius 1 is 1.20 bits per heavy atom. The summed E-state index contributed by atoms with van der Waals surface area (Å²) in [4.78, 5) is 16.5. The molecule has 0 aromatic heterocycles. The van der Waals surface area contributed by atoms with Gasteiger partial charge in [-0.3, -0.25) is 14.6 Å². The smallest absolute Gasteiger partial charge is 0.319 e.